The molecule has 2 aliphatic heterocycles. The van der Waals surface area contributed by atoms with E-state index in [-0.39, 0.29) is 17.9 Å². The topological polar surface area (TPSA) is 64.7 Å². The van der Waals surface area contributed by atoms with Gasteiger partial charge in [-0.05, 0) is 43.5 Å². The molecule has 30 heavy (non-hydrogen) atoms. The van der Waals surface area contributed by atoms with E-state index in [1.807, 2.05) is 59.5 Å². The van der Waals surface area contributed by atoms with Crippen LogP contribution in [0, 0.1) is 0 Å². The lowest BCUT2D eigenvalue weighted by molar-refractivity contribution is -0.121. The molecule has 2 aromatic carbocycles. The molecule has 0 radical (unpaired) electrons. The molecule has 2 aromatic rings. The van der Waals surface area contributed by atoms with Crippen molar-refractivity contribution in [2.24, 2.45) is 0 Å². The molecular formula is C24H30N4O2. The highest BCUT2D eigenvalue weighted by atomic mass is 16.2. The lowest BCUT2D eigenvalue weighted by atomic mass is 10.0. The summed E-state index contributed by atoms with van der Waals surface area (Å²) in [6.45, 7) is 4.06. The third-order valence-corrected chi connectivity index (χ3v) is 5.94. The van der Waals surface area contributed by atoms with Crippen molar-refractivity contribution < 1.29 is 9.59 Å². The smallest absolute Gasteiger partial charge is 0.246 e. The molecule has 1 saturated heterocycles. The van der Waals surface area contributed by atoms with Crippen molar-refractivity contribution in [3.05, 3.63) is 60.2 Å². The van der Waals surface area contributed by atoms with E-state index in [1.165, 1.54) is 0 Å². The first kappa shape index (κ1) is 20.4. The Bertz CT molecular complexity index is 863. The highest BCUT2D eigenvalue weighted by Crippen LogP contribution is 2.29. The fourth-order valence-electron chi connectivity index (χ4n) is 4.32. The number of carbonyl (C=O) groups excluding carboxylic acids is 2. The molecule has 2 N–H and O–H groups in total. The zero-order valence-corrected chi connectivity index (χ0v) is 17.3. The zero-order valence-electron chi connectivity index (χ0n) is 17.3. The molecule has 6 nitrogen and oxygen atoms in total. The van der Waals surface area contributed by atoms with Gasteiger partial charge in [0, 0.05) is 25.7 Å². The molecule has 158 valence electrons. The van der Waals surface area contributed by atoms with Gasteiger partial charge in [-0.15, -0.1) is 0 Å². The number of anilines is 2. The summed E-state index contributed by atoms with van der Waals surface area (Å²) in [5.74, 6) is 0.240. The molecule has 6 heteroatoms. The maximum Gasteiger partial charge on any atom is 0.246 e. The second-order valence-corrected chi connectivity index (χ2v) is 8.12. The van der Waals surface area contributed by atoms with Crippen molar-refractivity contribution >= 4 is 23.2 Å². The summed E-state index contributed by atoms with van der Waals surface area (Å²) in [6, 6.07) is 18.1. The Morgan fingerprint density at radius 2 is 1.73 bits per heavy atom. The van der Waals surface area contributed by atoms with E-state index in [2.05, 4.69) is 15.5 Å². The molecule has 0 aliphatic carbocycles. The Kier molecular flexibility index (Phi) is 6.64. The van der Waals surface area contributed by atoms with E-state index >= 15 is 0 Å². The average Bonchev–Trinajstić information content (AvgIpc) is 2.77. The van der Waals surface area contributed by atoms with Gasteiger partial charge in [-0.3, -0.25) is 9.59 Å². The van der Waals surface area contributed by atoms with Crippen molar-refractivity contribution in [3.8, 4) is 0 Å². The van der Waals surface area contributed by atoms with Crippen LogP contribution in [0.25, 0.3) is 0 Å². The number of hydrogen-bond donors (Lipinski definition) is 2. The Balaban J connectivity index is 1.18. The van der Waals surface area contributed by atoms with Crippen molar-refractivity contribution in [3.63, 3.8) is 0 Å². The first-order valence-corrected chi connectivity index (χ1v) is 10.9. The van der Waals surface area contributed by atoms with Gasteiger partial charge in [0.15, 0.2) is 0 Å². The molecule has 2 aliphatic rings. The van der Waals surface area contributed by atoms with E-state index in [0.717, 1.165) is 62.4 Å². The fourth-order valence-corrected chi connectivity index (χ4v) is 4.32. The van der Waals surface area contributed by atoms with Crippen molar-refractivity contribution in [2.45, 2.75) is 31.7 Å². The lowest BCUT2D eigenvalue weighted by Gasteiger charge is -2.34. The summed E-state index contributed by atoms with van der Waals surface area (Å²) < 4.78 is 0. The number of para-hydroxylation sites is 2. The molecule has 0 atom stereocenters. The maximum absolute atomic E-state index is 12.3. The quantitative estimate of drug-likeness (QED) is 0.742. The van der Waals surface area contributed by atoms with E-state index in [4.69, 9.17) is 0 Å². The third-order valence-electron chi connectivity index (χ3n) is 5.94. The number of nitrogens with zero attached hydrogens (tertiary/aromatic N) is 2. The van der Waals surface area contributed by atoms with E-state index in [9.17, 15) is 9.59 Å². The Morgan fingerprint density at radius 1 is 1.00 bits per heavy atom. The van der Waals surface area contributed by atoms with Crippen LogP contribution in [0.2, 0.25) is 0 Å². The number of piperidine rings is 1. The molecule has 0 saturated carbocycles. The summed E-state index contributed by atoms with van der Waals surface area (Å²) in [6.07, 6.45) is 3.36. The maximum atomic E-state index is 12.3. The number of benzene rings is 2. The molecule has 1 fully saturated rings. The van der Waals surface area contributed by atoms with Crippen LogP contribution in [0.4, 0.5) is 11.4 Å². The highest BCUT2D eigenvalue weighted by molar-refractivity contribution is 6.02. The molecule has 2 heterocycles. The van der Waals surface area contributed by atoms with Crippen LogP contribution in [0.1, 0.15) is 24.8 Å². The normalized spacial score (nSPS) is 17.3. The number of fused-ring (bicyclic) bond motifs is 1. The van der Waals surface area contributed by atoms with Gasteiger partial charge in [0.05, 0.1) is 24.3 Å². The van der Waals surface area contributed by atoms with Gasteiger partial charge < -0.3 is 20.4 Å². The Labute approximate surface area is 178 Å². The van der Waals surface area contributed by atoms with Crippen molar-refractivity contribution in [1.29, 1.82) is 0 Å². The van der Waals surface area contributed by atoms with Crippen LogP contribution in [0.3, 0.4) is 0 Å². The molecule has 0 aromatic heterocycles. The van der Waals surface area contributed by atoms with Crippen LogP contribution < -0.4 is 15.5 Å². The summed E-state index contributed by atoms with van der Waals surface area (Å²) in [4.78, 5) is 28.9. The SMILES string of the molecule is O=C(Cc1ccccc1)NC1CCN(CCCN2C(=O)CNc3ccccc32)CC1. The summed E-state index contributed by atoms with van der Waals surface area (Å²) in [7, 11) is 0. The van der Waals surface area contributed by atoms with Gasteiger partial charge in [0.25, 0.3) is 0 Å². The molecule has 2 amide bonds. The Morgan fingerprint density at radius 3 is 2.53 bits per heavy atom. The molecule has 0 spiro atoms. The van der Waals surface area contributed by atoms with Crippen molar-refractivity contribution in [2.75, 3.05) is 42.9 Å². The number of amides is 2. The predicted molar refractivity (Wildman–Crippen MR) is 120 cm³/mol. The number of carbonyl (C=O) groups is 2. The van der Waals surface area contributed by atoms with Gasteiger partial charge in [-0.1, -0.05) is 42.5 Å². The zero-order chi connectivity index (χ0) is 20.8. The fraction of sp³-hybridized carbons (Fsp3) is 0.417. The number of hydrogen-bond acceptors (Lipinski definition) is 4. The first-order valence-electron chi connectivity index (χ1n) is 10.9. The minimum Gasteiger partial charge on any atom is -0.374 e. The first-order chi connectivity index (χ1) is 14.7. The van der Waals surface area contributed by atoms with Crippen LogP contribution in [-0.2, 0) is 16.0 Å². The molecular weight excluding hydrogens is 376 g/mol. The molecule has 0 bridgehead atoms. The minimum absolute atomic E-state index is 0.107. The highest BCUT2D eigenvalue weighted by Gasteiger charge is 2.24. The van der Waals surface area contributed by atoms with E-state index < -0.39 is 0 Å². The van der Waals surface area contributed by atoms with Crippen LogP contribution in [-0.4, -0.2) is 55.5 Å². The van der Waals surface area contributed by atoms with Crippen LogP contribution in [0.15, 0.2) is 54.6 Å². The van der Waals surface area contributed by atoms with Gasteiger partial charge in [0.2, 0.25) is 11.8 Å². The summed E-state index contributed by atoms with van der Waals surface area (Å²) in [5, 5.41) is 6.37. The van der Waals surface area contributed by atoms with E-state index in [0.29, 0.717) is 13.0 Å². The van der Waals surface area contributed by atoms with Gasteiger partial charge >= 0.3 is 0 Å². The van der Waals surface area contributed by atoms with Gasteiger partial charge in [-0.2, -0.15) is 0 Å². The van der Waals surface area contributed by atoms with Crippen LogP contribution >= 0.6 is 0 Å². The summed E-state index contributed by atoms with van der Waals surface area (Å²) >= 11 is 0. The standard InChI is InChI=1S/C24H30N4O2/c29-23(17-19-7-2-1-3-8-19)26-20-11-15-27(16-12-20)13-6-14-28-22-10-5-4-9-21(22)25-18-24(28)30/h1-5,7-10,20,25H,6,11-18H2,(H,26,29). The lowest BCUT2D eigenvalue weighted by Crippen LogP contribution is -2.46. The van der Waals surface area contributed by atoms with Crippen molar-refractivity contribution in [1.82, 2.24) is 10.2 Å². The average molecular weight is 407 g/mol. The van der Waals surface area contributed by atoms with E-state index in [1.54, 1.807) is 0 Å². The number of rotatable bonds is 7. The second kappa shape index (κ2) is 9.76. The minimum atomic E-state index is 0.107. The number of nitrogens with one attached hydrogen (secondary N) is 2. The van der Waals surface area contributed by atoms with Gasteiger partial charge in [0.1, 0.15) is 0 Å². The third kappa shape index (κ3) is 5.19. The van der Waals surface area contributed by atoms with Crippen LogP contribution in [0.5, 0.6) is 0 Å². The monoisotopic (exact) mass is 406 g/mol. The van der Waals surface area contributed by atoms with Gasteiger partial charge in [-0.25, -0.2) is 0 Å². The number of likely N-dealkylation sites (tertiary alicyclic amines) is 1. The molecule has 4 rings (SSSR count). The predicted octanol–water partition coefficient (Wildman–Crippen LogP) is 2.66. The largest absolute Gasteiger partial charge is 0.374 e. The Hall–Kier alpha value is -2.86. The molecule has 0 unspecified atom stereocenters. The summed E-state index contributed by atoms with van der Waals surface area (Å²) in [5.41, 5.74) is 3.06. The second-order valence-electron chi connectivity index (χ2n) is 8.12.